The van der Waals surface area contributed by atoms with Crippen molar-refractivity contribution in [2.75, 3.05) is 4.90 Å². The fraction of sp³-hybridized carbons (Fsp3) is 0.350. The van der Waals surface area contributed by atoms with Crippen LogP contribution >= 0.6 is 0 Å². The third kappa shape index (κ3) is 3.85. The van der Waals surface area contributed by atoms with E-state index in [9.17, 15) is 4.79 Å². The molecule has 0 radical (unpaired) electrons. The van der Waals surface area contributed by atoms with Gasteiger partial charge >= 0.3 is 0 Å². The highest BCUT2D eigenvalue weighted by molar-refractivity contribution is 5.94. The van der Waals surface area contributed by atoms with Gasteiger partial charge in [0.2, 0.25) is 17.6 Å². The first-order valence-corrected chi connectivity index (χ1v) is 8.71. The number of hydrogen-bond acceptors (Lipinski definition) is 5. The number of furan rings is 1. The zero-order chi connectivity index (χ0) is 18.7. The molecule has 6 heteroatoms. The Balaban J connectivity index is 1.72. The van der Waals surface area contributed by atoms with Crippen molar-refractivity contribution in [2.24, 2.45) is 0 Å². The first-order valence-electron chi connectivity index (χ1n) is 8.71. The summed E-state index contributed by atoms with van der Waals surface area (Å²) in [5, 5.41) is 3.90. The van der Waals surface area contributed by atoms with E-state index in [2.05, 4.69) is 22.3 Å². The number of anilines is 1. The van der Waals surface area contributed by atoms with Crippen LogP contribution in [0.15, 0.2) is 45.5 Å². The molecule has 0 saturated carbocycles. The molecule has 0 aliphatic rings. The third-order valence-corrected chi connectivity index (χ3v) is 4.17. The number of nitrogens with zero attached hydrogens (tertiary/aromatic N) is 3. The molecule has 0 saturated heterocycles. The van der Waals surface area contributed by atoms with Crippen molar-refractivity contribution in [2.45, 2.75) is 46.6 Å². The molecular formula is C20H23N3O3. The Morgan fingerprint density at radius 3 is 2.73 bits per heavy atom. The van der Waals surface area contributed by atoms with Gasteiger partial charge in [0.1, 0.15) is 0 Å². The van der Waals surface area contributed by atoms with Gasteiger partial charge in [-0.25, -0.2) is 0 Å². The van der Waals surface area contributed by atoms with Crippen LogP contribution in [0.5, 0.6) is 0 Å². The molecule has 0 N–H and O–H groups in total. The SMILES string of the molecule is Cc1ccc(C)c(N(C(=O)CCc2nc(-c3ccco3)no2)C(C)C)c1. The first-order chi connectivity index (χ1) is 12.5. The zero-order valence-corrected chi connectivity index (χ0v) is 15.5. The van der Waals surface area contributed by atoms with Crippen LogP contribution in [0.1, 0.15) is 37.3 Å². The predicted molar refractivity (Wildman–Crippen MR) is 98.9 cm³/mol. The van der Waals surface area contributed by atoms with E-state index < -0.39 is 0 Å². The Kier molecular flexibility index (Phi) is 5.21. The molecule has 136 valence electrons. The van der Waals surface area contributed by atoms with Crippen molar-refractivity contribution in [3.63, 3.8) is 0 Å². The van der Waals surface area contributed by atoms with Crippen LogP contribution in [0.4, 0.5) is 5.69 Å². The van der Waals surface area contributed by atoms with Gasteiger partial charge in [0, 0.05) is 24.6 Å². The molecule has 6 nitrogen and oxygen atoms in total. The Labute approximate surface area is 152 Å². The average Bonchev–Trinajstić information content (AvgIpc) is 3.27. The quantitative estimate of drug-likeness (QED) is 0.660. The minimum atomic E-state index is 0.0337. The lowest BCUT2D eigenvalue weighted by atomic mass is 10.1. The molecule has 1 amide bonds. The Morgan fingerprint density at radius 2 is 2.04 bits per heavy atom. The van der Waals surface area contributed by atoms with E-state index in [0.717, 1.165) is 16.8 Å². The number of aryl methyl sites for hydroxylation is 3. The molecule has 3 rings (SSSR count). The van der Waals surface area contributed by atoms with Crippen molar-refractivity contribution >= 4 is 11.6 Å². The van der Waals surface area contributed by atoms with Gasteiger partial charge in [0.15, 0.2) is 5.76 Å². The van der Waals surface area contributed by atoms with Gasteiger partial charge in [-0.1, -0.05) is 17.3 Å². The number of aromatic nitrogens is 2. The average molecular weight is 353 g/mol. The van der Waals surface area contributed by atoms with Crippen molar-refractivity contribution in [1.29, 1.82) is 0 Å². The van der Waals surface area contributed by atoms with E-state index in [1.165, 1.54) is 0 Å². The maximum absolute atomic E-state index is 12.9. The number of hydrogen-bond donors (Lipinski definition) is 0. The van der Waals surface area contributed by atoms with E-state index in [1.54, 1.807) is 18.4 Å². The predicted octanol–water partition coefficient (Wildman–Crippen LogP) is 4.32. The van der Waals surface area contributed by atoms with E-state index in [4.69, 9.17) is 8.94 Å². The summed E-state index contributed by atoms with van der Waals surface area (Å²) < 4.78 is 10.5. The minimum Gasteiger partial charge on any atom is -0.461 e. The van der Waals surface area contributed by atoms with Crippen molar-refractivity contribution < 1.29 is 13.7 Å². The van der Waals surface area contributed by atoms with E-state index in [1.807, 2.05) is 38.7 Å². The maximum atomic E-state index is 12.9. The lowest BCUT2D eigenvalue weighted by Crippen LogP contribution is -2.37. The molecule has 2 heterocycles. The van der Waals surface area contributed by atoms with Crippen LogP contribution in [0.25, 0.3) is 11.6 Å². The van der Waals surface area contributed by atoms with Gasteiger partial charge in [-0.3, -0.25) is 4.79 Å². The standard InChI is InChI=1S/C20H23N3O3/c1-13(2)23(16-12-14(3)7-8-15(16)4)19(24)10-9-18-21-20(22-26-18)17-6-5-11-25-17/h5-8,11-13H,9-10H2,1-4H3. The summed E-state index contributed by atoms with van der Waals surface area (Å²) in [5.41, 5.74) is 3.16. The normalized spacial score (nSPS) is 11.1. The second kappa shape index (κ2) is 7.56. The summed E-state index contributed by atoms with van der Waals surface area (Å²) >= 11 is 0. The van der Waals surface area contributed by atoms with Gasteiger partial charge in [0.05, 0.1) is 6.26 Å². The molecule has 0 aliphatic carbocycles. The van der Waals surface area contributed by atoms with Gasteiger partial charge < -0.3 is 13.8 Å². The van der Waals surface area contributed by atoms with Gasteiger partial charge in [-0.05, 0) is 57.0 Å². The van der Waals surface area contributed by atoms with Crippen molar-refractivity contribution in [3.05, 3.63) is 53.6 Å². The second-order valence-corrected chi connectivity index (χ2v) is 6.64. The summed E-state index contributed by atoms with van der Waals surface area (Å²) in [7, 11) is 0. The van der Waals surface area contributed by atoms with Crippen LogP contribution < -0.4 is 4.90 Å². The van der Waals surface area contributed by atoms with Crippen molar-refractivity contribution in [1.82, 2.24) is 10.1 Å². The molecule has 1 aromatic carbocycles. The Hall–Kier alpha value is -2.89. The molecule has 2 aromatic heterocycles. The van der Waals surface area contributed by atoms with Crippen LogP contribution in [0, 0.1) is 13.8 Å². The fourth-order valence-corrected chi connectivity index (χ4v) is 2.88. The highest BCUT2D eigenvalue weighted by Gasteiger charge is 2.22. The molecule has 3 aromatic rings. The van der Waals surface area contributed by atoms with Crippen molar-refractivity contribution in [3.8, 4) is 11.6 Å². The number of amides is 1. The van der Waals surface area contributed by atoms with Gasteiger partial charge in [-0.2, -0.15) is 4.98 Å². The Morgan fingerprint density at radius 1 is 1.23 bits per heavy atom. The highest BCUT2D eigenvalue weighted by Crippen LogP contribution is 2.25. The Bertz CT molecular complexity index is 882. The van der Waals surface area contributed by atoms with Gasteiger partial charge in [-0.15, -0.1) is 0 Å². The van der Waals surface area contributed by atoms with E-state index >= 15 is 0 Å². The molecule has 0 bridgehead atoms. The first kappa shape index (κ1) is 17.9. The molecule has 26 heavy (non-hydrogen) atoms. The molecule has 0 fully saturated rings. The molecular weight excluding hydrogens is 330 g/mol. The van der Waals surface area contributed by atoms with E-state index in [-0.39, 0.29) is 11.9 Å². The summed E-state index contributed by atoms with van der Waals surface area (Å²) in [4.78, 5) is 19.0. The summed E-state index contributed by atoms with van der Waals surface area (Å²) in [6, 6.07) is 9.73. The third-order valence-electron chi connectivity index (χ3n) is 4.17. The summed E-state index contributed by atoms with van der Waals surface area (Å²) in [5.74, 6) is 1.40. The summed E-state index contributed by atoms with van der Waals surface area (Å²) in [6.07, 6.45) is 2.24. The van der Waals surface area contributed by atoms with Crippen LogP contribution in [-0.4, -0.2) is 22.1 Å². The highest BCUT2D eigenvalue weighted by atomic mass is 16.5. The lowest BCUT2D eigenvalue weighted by Gasteiger charge is -2.28. The fourth-order valence-electron chi connectivity index (χ4n) is 2.88. The van der Waals surface area contributed by atoms with Crippen LogP contribution in [0.2, 0.25) is 0 Å². The maximum Gasteiger partial charge on any atom is 0.238 e. The van der Waals surface area contributed by atoms with Crippen LogP contribution in [0.3, 0.4) is 0 Å². The molecule has 0 unspecified atom stereocenters. The number of rotatable bonds is 6. The molecule has 0 spiro atoms. The minimum absolute atomic E-state index is 0.0337. The van der Waals surface area contributed by atoms with Crippen LogP contribution in [-0.2, 0) is 11.2 Å². The summed E-state index contributed by atoms with van der Waals surface area (Å²) in [6.45, 7) is 8.08. The number of benzene rings is 1. The molecule has 0 aliphatic heterocycles. The molecule has 0 atom stereocenters. The lowest BCUT2D eigenvalue weighted by molar-refractivity contribution is -0.119. The second-order valence-electron chi connectivity index (χ2n) is 6.64. The number of carbonyl (C=O) groups excluding carboxylic acids is 1. The zero-order valence-electron chi connectivity index (χ0n) is 15.5. The largest absolute Gasteiger partial charge is 0.461 e. The topological polar surface area (TPSA) is 72.4 Å². The number of carbonyl (C=O) groups is 1. The van der Waals surface area contributed by atoms with Gasteiger partial charge in [0.25, 0.3) is 0 Å². The van der Waals surface area contributed by atoms with E-state index in [0.29, 0.717) is 30.3 Å². The smallest absolute Gasteiger partial charge is 0.238 e. The monoisotopic (exact) mass is 353 g/mol.